The van der Waals surface area contributed by atoms with Gasteiger partial charge >= 0.3 is 5.97 Å². The third kappa shape index (κ3) is 4.18. The Labute approximate surface area is 272 Å². The van der Waals surface area contributed by atoms with Crippen LogP contribution in [-0.4, -0.2) is 71.6 Å². The maximum atomic E-state index is 13.6. The van der Waals surface area contributed by atoms with Gasteiger partial charge in [-0.2, -0.15) is 0 Å². The van der Waals surface area contributed by atoms with Crippen molar-refractivity contribution in [2.24, 2.45) is 23.7 Å². The van der Waals surface area contributed by atoms with Crippen LogP contribution < -0.4 is 0 Å². The van der Waals surface area contributed by atoms with Crippen LogP contribution in [0, 0.1) is 23.7 Å². The van der Waals surface area contributed by atoms with Gasteiger partial charge in [0.05, 0.1) is 13.0 Å². The molecule has 3 saturated heterocycles. The molecule has 4 aromatic rings. The van der Waals surface area contributed by atoms with Gasteiger partial charge in [0.25, 0.3) is 0 Å². The average Bonchev–Trinajstić information content (AvgIpc) is 3.60. The molecule has 10 rings (SSSR count). The summed E-state index contributed by atoms with van der Waals surface area (Å²) in [5.41, 5.74) is 11.0. The molecule has 6 bridgehead atoms. The summed E-state index contributed by atoms with van der Waals surface area (Å²) < 4.78 is 5.54. The van der Waals surface area contributed by atoms with Crippen molar-refractivity contribution in [3.63, 3.8) is 0 Å². The second-order valence-corrected chi connectivity index (χ2v) is 15.2. The fourth-order valence-electron chi connectivity index (χ4n) is 11.2. The van der Waals surface area contributed by atoms with Crippen molar-refractivity contribution in [2.75, 3.05) is 33.8 Å². The summed E-state index contributed by atoms with van der Waals surface area (Å²) in [7, 11) is 3.74. The molecule has 0 spiro atoms. The number of esters is 1. The first-order valence-corrected chi connectivity index (χ1v) is 17.9. The molecule has 6 heterocycles. The Morgan fingerprint density at radius 3 is 2.65 bits per heavy atom. The van der Waals surface area contributed by atoms with Gasteiger partial charge < -0.3 is 14.7 Å². The number of para-hydroxylation sites is 1. The summed E-state index contributed by atoms with van der Waals surface area (Å²) in [6, 6.07) is 16.8. The van der Waals surface area contributed by atoms with E-state index in [-0.39, 0.29) is 29.8 Å². The third-order valence-electron chi connectivity index (χ3n) is 13.2. The van der Waals surface area contributed by atoms with Crippen LogP contribution in [-0.2, 0) is 22.4 Å². The van der Waals surface area contributed by atoms with Crippen LogP contribution in [0.2, 0.25) is 0 Å². The Bertz CT molecular complexity index is 1870. The van der Waals surface area contributed by atoms with Gasteiger partial charge in [0, 0.05) is 76.7 Å². The molecule has 2 aromatic heterocycles. The number of likely N-dealkylation sites (tertiary alicyclic amines) is 1. The van der Waals surface area contributed by atoms with Gasteiger partial charge in [-0.05, 0) is 92.7 Å². The van der Waals surface area contributed by atoms with Crippen LogP contribution >= 0.6 is 0 Å². The highest BCUT2D eigenvalue weighted by atomic mass is 16.5. The van der Waals surface area contributed by atoms with Crippen molar-refractivity contribution in [1.29, 1.82) is 0 Å². The van der Waals surface area contributed by atoms with Gasteiger partial charge in [0.1, 0.15) is 0 Å². The molecule has 1 saturated carbocycles. The minimum Gasteiger partial charge on any atom is -0.469 e. The number of carbonyl (C=O) groups is 1. The number of likely N-dealkylation sites (N-methyl/N-ethyl adjacent to an activating group) is 1. The van der Waals surface area contributed by atoms with Crippen LogP contribution in [0.25, 0.3) is 21.8 Å². The quantitative estimate of drug-likeness (QED) is 0.190. The van der Waals surface area contributed by atoms with Crippen LogP contribution in [0.4, 0.5) is 0 Å². The summed E-state index contributed by atoms with van der Waals surface area (Å²) in [5.74, 6) is 2.30. The maximum absolute atomic E-state index is 13.6. The minimum atomic E-state index is -0.194. The number of benzene rings is 2. The van der Waals surface area contributed by atoms with E-state index in [2.05, 4.69) is 89.2 Å². The SMILES string of the molecule is C/C=C1/CN(C)[C@H]2Cc3c([nH]c4ccccc34)C(c3ccc4c5c([nH]c4c3)[C@@H]3C[C@@H]4C[C@H](CC)[C@@H]3N(CC5)C4)C[C@H]1C2C(=O)OC. The maximum Gasteiger partial charge on any atom is 0.310 e. The standard InChI is InChI=1S/C40H48N4O2/c1-5-23-15-22-16-32-37-28(13-14-44(20-22)39(23)32)27-12-11-25(17-34(27)42-37)30-18-29-24(6-2)21-43(3)35(36(29)40(45)46-4)19-31-26-9-7-8-10-33(26)41-38(30)31/h6-12,17,22-23,29-30,32,35-36,39,41-42H,5,13-16,18-21H2,1-4H3/b24-6-/t22-,23-,29+,30?,32-,35-,36?,39-/m0/s1. The van der Waals surface area contributed by atoms with Gasteiger partial charge in [-0.15, -0.1) is 0 Å². The number of allylic oxidation sites excluding steroid dienone is 1. The van der Waals surface area contributed by atoms with E-state index in [1.165, 1.54) is 82.2 Å². The van der Waals surface area contributed by atoms with E-state index in [9.17, 15) is 4.79 Å². The largest absolute Gasteiger partial charge is 0.469 e. The smallest absolute Gasteiger partial charge is 0.310 e. The number of methoxy groups -OCH3 is 1. The predicted molar refractivity (Wildman–Crippen MR) is 184 cm³/mol. The van der Waals surface area contributed by atoms with E-state index in [0.717, 1.165) is 37.6 Å². The minimum absolute atomic E-state index is 0.0762. The Morgan fingerprint density at radius 2 is 1.83 bits per heavy atom. The molecule has 4 aliphatic heterocycles. The number of carbonyl (C=O) groups excluding carboxylic acids is 1. The van der Waals surface area contributed by atoms with E-state index in [0.29, 0.717) is 12.0 Å². The summed E-state index contributed by atoms with van der Waals surface area (Å²) in [6.07, 6.45) is 9.16. The number of piperidine rings is 3. The number of nitrogens with one attached hydrogen (secondary N) is 2. The van der Waals surface area contributed by atoms with Gasteiger partial charge in [0.2, 0.25) is 0 Å². The lowest BCUT2D eigenvalue weighted by Crippen LogP contribution is -2.56. The first kappa shape index (κ1) is 28.8. The number of ether oxygens (including phenoxy) is 1. The molecule has 6 aliphatic rings. The zero-order valence-corrected chi connectivity index (χ0v) is 27.8. The molecule has 0 amide bonds. The number of aromatic nitrogens is 2. The molecule has 6 heteroatoms. The highest BCUT2D eigenvalue weighted by Crippen LogP contribution is 2.52. The average molecular weight is 617 g/mol. The topological polar surface area (TPSA) is 64.4 Å². The van der Waals surface area contributed by atoms with Crippen molar-refractivity contribution in [3.05, 3.63) is 82.2 Å². The summed E-state index contributed by atoms with van der Waals surface area (Å²) in [5, 5.41) is 2.70. The molecule has 240 valence electrons. The van der Waals surface area contributed by atoms with E-state index < -0.39 is 0 Å². The molecule has 46 heavy (non-hydrogen) atoms. The van der Waals surface area contributed by atoms with E-state index in [4.69, 9.17) is 4.74 Å². The lowest BCUT2D eigenvalue weighted by molar-refractivity contribution is -0.151. The number of rotatable bonds is 3. The zero-order chi connectivity index (χ0) is 31.3. The Morgan fingerprint density at radius 1 is 1.00 bits per heavy atom. The lowest BCUT2D eigenvalue weighted by Gasteiger charge is -2.53. The molecule has 0 radical (unpaired) electrons. The Kier molecular flexibility index (Phi) is 6.80. The number of nitrogens with zero attached hydrogens (tertiary/aromatic N) is 2. The fourth-order valence-corrected chi connectivity index (χ4v) is 11.2. The van der Waals surface area contributed by atoms with Crippen molar-refractivity contribution in [2.45, 2.75) is 76.3 Å². The molecule has 2 aliphatic carbocycles. The van der Waals surface area contributed by atoms with Crippen LogP contribution in [0.5, 0.6) is 0 Å². The number of hydrogen-bond donors (Lipinski definition) is 2. The van der Waals surface area contributed by atoms with Crippen molar-refractivity contribution >= 4 is 27.8 Å². The molecule has 4 fully saturated rings. The van der Waals surface area contributed by atoms with Crippen LogP contribution in [0.1, 0.15) is 79.4 Å². The molecular formula is C40H48N4O2. The van der Waals surface area contributed by atoms with Gasteiger partial charge in [-0.25, -0.2) is 0 Å². The van der Waals surface area contributed by atoms with Gasteiger partial charge in [-0.3, -0.25) is 14.6 Å². The molecule has 2 aromatic carbocycles. The summed E-state index contributed by atoms with van der Waals surface area (Å²) in [6.45, 7) is 7.93. The molecule has 3 unspecified atom stereocenters. The van der Waals surface area contributed by atoms with Crippen molar-refractivity contribution in [3.8, 4) is 0 Å². The molecule has 2 N–H and O–H groups in total. The monoisotopic (exact) mass is 616 g/mol. The number of aromatic amines is 2. The van der Waals surface area contributed by atoms with E-state index >= 15 is 0 Å². The molecular weight excluding hydrogens is 568 g/mol. The van der Waals surface area contributed by atoms with Crippen LogP contribution in [0.15, 0.2) is 54.1 Å². The lowest BCUT2D eigenvalue weighted by atomic mass is 9.65. The highest BCUT2D eigenvalue weighted by molar-refractivity contribution is 5.88. The summed E-state index contributed by atoms with van der Waals surface area (Å²) >= 11 is 0. The van der Waals surface area contributed by atoms with Crippen LogP contribution in [0.3, 0.4) is 0 Å². The Hall–Kier alpha value is -3.35. The normalized spacial score (nSPS) is 34.6. The number of fused-ring (bicyclic) bond motifs is 9. The molecule has 6 nitrogen and oxygen atoms in total. The van der Waals surface area contributed by atoms with Crippen molar-refractivity contribution in [1.82, 2.24) is 19.8 Å². The predicted octanol–water partition coefficient (Wildman–Crippen LogP) is 7.15. The zero-order valence-electron chi connectivity index (χ0n) is 27.8. The highest BCUT2D eigenvalue weighted by Gasteiger charge is 2.49. The number of hydrogen-bond acceptors (Lipinski definition) is 4. The van der Waals surface area contributed by atoms with Gasteiger partial charge in [-0.1, -0.05) is 55.3 Å². The summed E-state index contributed by atoms with van der Waals surface area (Å²) in [4.78, 5) is 26.9. The second kappa shape index (κ2) is 10.8. The number of H-pyrrole nitrogens is 2. The van der Waals surface area contributed by atoms with Crippen molar-refractivity contribution < 1.29 is 9.53 Å². The first-order valence-electron chi connectivity index (χ1n) is 17.9. The van der Waals surface area contributed by atoms with Gasteiger partial charge in [0.15, 0.2) is 0 Å². The van der Waals surface area contributed by atoms with E-state index in [1.54, 1.807) is 12.7 Å². The molecule has 9 atom stereocenters. The van der Waals surface area contributed by atoms with E-state index in [1.807, 2.05) is 0 Å². The first-order chi connectivity index (χ1) is 22.5. The Balaban J connectivity index is 1.19. The third-order valence-corrected chi connectivity index (χ3v) is 13.2. The second-order valence-electron chi connectivity index (χ2n) is 15.2. The fraction of sp³-hybridized carbons (Fsp3) is 0.525.